The van der Waals surface area contributed by atoms with Crippen molar-refractivity contribution in [3.63, 3.8) is 0 Å². The van der Waals surface area contributed by atoms with Gasteiger partial charge < -0.3 is 9.30 Å². The Morgan fingerprint density at radius 2 is 2.25 bits per heavy atom. The number of aryl methyl sites for hydroxylation is 1. The SMILES string of the molecule is Cc1ccc2cnc(C3CCN(C)C3)n2c1. The lowest BCUT2D eigenvalue weighted by molar-refractivity contribution is 0.409. The van der Waals surface area contributed by atoms with Gasteiger partial charge in [-0.2, -0.15) is 0 Å². The van der Waals surface area contributed by atoms with Crippen LogP contribution in [0.3, 0.4) is 0 Å². The summed E-state index contributed by atoms with van der Waals surface area (Å²) in [4.78, 5) is 6.97. The minimum Gasteiger partial charge on any atom is -0.306 e. The van der Waals surface area contributed by atoms with E-state index in [4.69, 9.17) is 0 Å². The largest absolute Gasteiger partial charge is 0.306 e. The van der Waals surface area contributed by atoms with E-state index in [0.717, 1.165) is 6.54 Å². The first-order chi connectivity index (χ1) is 7.74. The zero-order valence-electron chi connectivity index (χ0n) is 9.85. The van der Waals surface area contributed by atoms with E-state index in [9.17, 15) is 0 Å². The van der Waals surface area contributed by atoms with Crippen LogP contribution in [0.15, 0.2) is 24.5 Å². The summed E-state index contributed by atoms with van der Waals surface area (Å²) in [5.41, 5.74) is 2.49. The van der Waals surface area contributed by atoms with Crippen LogP contribution in [0.2, 0.25) is 0 Å². The first-order valence-electron chi connectivity index (χ1n) is 5.86. The van der Waals surface area contributed by atoms with Crippen molar-refractivity contribution in [3.05, 3.63) is 35.9 Å². The summed E-state index contributed by atoms with van der Waals surface area (Å²) in [7, 11) is 2.18. The molecule has 3 heterocycles. The Morgan fingerprint density at radius 3 is 3.00 bits per heavy atom. The summed E-state index contributed by atoms with van der Waals surface area (Å²) in [5.74, 6) is 1.82. The van der Waals surface area contributed by atoms with Crippen LogP contribution in [0.1, 0.15) is 23.7 Å². The molecule has 0 bridgehead atoms. The van der Waals surface area contributed by atoms with Crippen molar-refractivity contribution >= 4 is 5.52 Å². The number of likely N-dealkylation sites (N-methyl/N-ethyl adjacent to an activating group) is 1. The van der Waals surface area contributed by atoms with E-state index >= 15 is 0 Å². The van der Waals surface area contributed by atoms with Crippen LogP contribution in [0.5, 0.6) is 0 Å². The molecule has 3 nitrogen and oxygen atoms in total. The number of aromatic nitrogens is 2. The number of imidazole rings is 1. The topological polar surface area (TPSA) is 20.5 Å². The highest BCUT2D eigenvalue weighted by Gasteiger charge is 2.24. The van der Waals surface area contributed by atoms with Crippen LogP contribution in [0.4, 0.5) is 0 Å². The zero-order chi connectivity index (χ0) is 11.1. The summed E-state index contributed by atoms with van der Waals surface area (Å²) in [6.07, 6.45) is 5.40. The Bertz CT molecular complexity index is 515. The maximum atomic E-state index is 4.59. The second kappa shape index (κ2) is 3.59. The van der Waals surface area contributed by atoms with Gasteiger partial charge in [-0.25, -0.2) is 4.98 Å². The Labute approximate surface area is 95.7 Å². The predicted octanol–water partition coefficient (Wildman–Crippen LogP) is 2.06. The quantitative estimate of drug-likeness (QED) is 0.726. The highest BCUT2D eigenvalue weighted by molar-refractivity contribution is 5.47. The van der Waals surface area contributed by atoms with Crippen LogP contribution >= 0.6 is 0 Å². The first kappa shape index (κ1) is 9.85. The van der Waals surface area contributed by atoms with Gasteiger partial charge in [-0.1, -0.05) is 6.07 Å². The number of likely N-dealkylation sites (tertiary alicyclic amines) is 1. The number of hydrogen-bond acceptors (Lipinski definition) is 2. The van der Waals surface area contributed by atoms with Crippen LogP contribution in [0, 0.1) is 6.92 Å². The standard InChI is InChI=1S/C13H17N3/c1-10-3-4-12-7-14-13(16(12)8-10)11-5-6-15(2)9-11/h3-4,7-8,11H,5-6,9H2,1-2H3. The molecular weight excluding hydrogens is 198 g/mol. The molecule has 0 radical (unpaired) electrons. The van der Waals surface area contributed by atoms with Crippen molar-refractivity contribution in [2.45, 2.75) is 19.3 Å². The van der Waals surface area contributed by atoms with Crippen LogP contribution in [0.25, 0.3) is 5.52 Å². The number of fused-ring (bicyclic) bond motifs is 1. The maximum absolute atomic E-state index is 4.59. The molecule has 16 heavy (non-hydrogen) atoms. The van der Waals surface area contributed by atoms with Crippen molar-refractivity contribution in [2.24, 2.45) is 0 Å². The third kappa shape index (κ3) is 1.52. The van der Waals surface area contributed by atoms with Gasteiger partial charge in [0, 0.05) is 18.7 Å². The second-order valence-electron chi connectivity index (χ2n) is 4.87. The van der Waals surface area contributed by atoms with Gasteiger partial charge in [-0.3, -0.25) is 0 Å². The minimum atomic E-state index is 0.592. The molecule has 1 saturated heterocycles. The summed E-state index contributed by atoms with van der Waals surface area (Å²) in [6, 6.07) is 4.28. The van der Waals surface area contributed by atoms with Crippen molar-refractivity contribution in [3.8, 4) is 0 Å². The average Bonchev–Trinajstić information content (AvgIpc) is 2.83. The average molecular weight is 215 g/mol. The van der Waals surface area contributed by atoms with Gasteiger partial charge in [0.15, 0.2) is 0 Å². The Balaban J connectivity index is 2.06. The highest BCUT2D eigenvalue weighted by Crippen LogP contribution is 2.26. The Kier molecular flexibility index (Phi) is 2.21. The van der Waals surface area contributed by atoms with Gasteiger partial charge in [-0.15, -0.1) is 0 Å². The lowest BCUT2D eigenvalue weighted by Gasteiger charge is -2.10. The number of pyridine rings is 1. The number of nitrogens with zero attached hydrogens (tertiary/aromatic N) is 3. The fraction of sp³-hybridized carbons (Fsp3) is 0.462. The highest BCUT2D eigenvalue weighted by atomic mass is 15.1. The molecule has 0 spiro atoms. The van der Waals surface area contributed by atoms with Crippen molar-refractivity contribution in [1.29, 1.82) is 0 Å². The summed E-state index contributed by atoms with van der Waals surface area (Å²) in [6.45, 7) is 4.45. The van der Waals surface area contributed by atoms with Gasteiger partial charge in [0.25, 0.3) is 0 Å². The molecule has 84 valence electrons. The molecule has 1 aliphatic heterocycles. The van der Waals surface area contributed by atoms with E-state index in [1.54, 1.807) is 0 Å². The summed E-state index contributed by atoms with van der Waals surface area (Å²) in [5, 5.41) is 0. The lowest BCUT2D eigenvalue weighted by Crippen LogP contribution is -2.14. The van der Waals surface area contributed by atoms with Crippen LogP contribution < -0.4 is 0 Å². The lowest BCUT2D eigenvalue weighted by atomic mass is 10.1. The molecule has 3 heteroatoms. The molecule has 2 aromatic rings. The molecule has 1 atom stereocenters. The third-order valence-corrected chi connectivity index (χ3v) is 3.46. The maximum Gasteiger partial charge on any atom is 0.117 e. The Morgan fingerprint density at radius 1 is 1.38 bits per heavy atom. The monoisotopic (exact) mass is 215 g/mol. The van der Waals surface area contributed by atoms with Crippen LogP contribution in [-0.2, 0) is 0 Å². The van der Waals surface area contributed by atoms with Gasteiger partial charge in [0.1, 0.15) is 5.82 Å². The van der Waals surface area contributed by atoms with E-state index < -0.39 is 0 Å². The fourth-order valence-electron chi connectivity index (χ4n) is 2.56. The van der Waals surface area contributed by atoms with Crippen molar-refractivity contribution in [2.75, 3.05) is 20.1 Å². The molecule has 0 aliphatic carbocycles. The fourth-order valence-corrected chi connectivity index (χ4v) is 2.56. The summed E-state index contributed by atoms with van der Waals surface area (Å²) >= 11 is 0. The van der Waals surface area contributed by atoms with E-state index in [-0.39, 0.29) is 0 Å². The first-order valence-corrected chi connectivity index (χ1v) is 5.86. The molecule has 1 unspecified atom stereocenters. The predicted molar refractivity (Wildman–Crippen MR) is 64.8 cm³/mol. The van der Waals surface area contributed by atoms with Crippen molar-refractivity contribution < 1.29 is 0 Å². The molecule has 0 saturated carbocycles. The van der Waals surface area contributed by atoms with Gasteiger partial charge >= 0.3 is 0 Å². The van der Waals surface area contributed by atoms with E-state index in [1.165, 1.54) is 29.9 Å². The molecule has 0 aromatic carbocycles. The van der Waals surface area contributed by atoms with E-state index in [0.29, 0.717) is 5.92 Å². The van der Waals surface area contributed by atoms with E-state index in [2.05, 4.69) is 46.6 Å². The smallest absolute Gasteiger partial charge is 0.117 e. The second-order valence-corrected chi connectivity index (χ2v) is 4.87. The molecule has 1 fully saturated rings. The molecule has 2 aromatic heterocycles. The van der Waals surface area contributed by atoms with Gasteiger partial charge in [0.2, 0.25) is 0 Å². The van der Waals surface area contributed by atoms with E-state index in [1.807, 2.05) is 6.20 Å². The normalized spacial score (nSPS) is 22.0. The molecule has 0 N–H and O–H groups in total. The molecule has 3 rings (SSSR count). The van der Waals surface area contributed by atoms with Gasteiger partial charge in [-0.05, 0) is 38.6 Å². The third-order valence-electron chi connectivity index (χ3n) is 3.46. The number of hydrogen-bond donors (Lipinski definition) is 0. The molecular formula is C13H17N3. The minimum absolute atomic E-state index is 0.592. The van der Waals surface area contributed by atoms with Crippen molar-refractivity contribution in [1.82, 2.24) is 14.3 Å². The number of rotatable bonds is 1. The zero-order valence-corrected chi connectivity index (χ0v) is 9.85. The molecule has 0 amide bonds. The molecule has 1 aliphatic rings. The van der Waals surface area contributed by atoms with Gasteiger partial charge in [0.05, 0.1) is 11.7 Å². The Hall–Kier alpha value is -1.35. The summed E-state index contributed by atoms with van der Waals surface area (Å²) < 4.78 is 2.25. The van der Waals surface area contributed by atoms with Crippen LogP contribution in [-0.4, -0.2) is 34.4 Å².